The van der Waals surface area contributed by atoms with E-state index in [9.17, 15) is 4.79 Å². The third kappa shape index (κ3) is 1.95. The monoisotopic (exact) mass is 297 g/mol. The minimum absolute atomic E-state index is 0.303. The van der Waals surface area contributed by atoms with Crippen molar-refractivity contribution in [2.24, 2.45) is 5.73 Å². The summed E-state index contributed by atoms with van der Waals surface area (Å²) in [4.78, 5) is 11.3. The van der Waals surface area contributed by atoms with Crippen LogP contribution in [-0.4, -0.2) is 22.7 Å². The first kappa shape index (κ1) is 12.3. The number of primary amides is 1. The number of hydrogen-bond acceptors (Lipinski definition) is 3. The molecule has 0 spiro atoms. The molecule has 0 saturated carbocycles. The molecule has 98 valence electrons. The molecule has 0 radical (unpaired) electrons. The summed E-state index contributed by atoms with van der Waals surface area (Å²) in [5, 5.41) is 7.62. The third-order valence-corrected chi connectivity index (χ3v) is 3.72. The topological polar surface area (TPSA) is 81.0 Å². The Morgan fingerprint density at radius 3 is 2.84 bits per heavy atom. The Bertz CT molecular complexity index is 682. The van der Waals surface area contributed by atoms with Gasteiger partial charge in [0.15, 0.2) is 0 Å². The molecule has 0 saturated heterocycles. The van der Waals surface area contributed by atoms with Crippen LogP contribution in [0.15, 0.2) is 12.1 Å². The minimum Gasteiger partial charge on any atom is -0.492 e. The number of benzene rings is 1. The summed E-state index contributed by atoms with van der Waals surface area (Å²) >= 11 is 12.0. The molecule has 0 atom stereocenters. The molecular formula is C12H9Cl2N3O2. The molecule has 1 aliphatic rings. The SMILES string of the molecule is NC(=O)c1[nH]nc2c1CCOc1cc(Cl)c(Cl)cc1-2. The fourth-order valence-electron chi connectivity index (χ4n) is 2.13. The number of halogens is 2. The van der Waals surface area contributed by atoms with Gasteiger partial charge >= 0.3 is 0 Å². The second kappa shape index (κ2) is 4.43. The van der Waals surface area contributed by atoms with E-state index in [1.807, 2.05) is 0 Å². The van der Waals surface area contributed by atoms with Gasteiger partial charge in [-0.1, -0.05) is 23.2 Å². The van der Waals surface area contributed by atoms with Crippen LogP contribution in [-0.2, 0) is 6.42 Å². The van der Waals surface area contributed by atoms with Crippen molar-refractivity contribution < 1.29 is 9.53 Å². The quantitative estimate of drug-likeness (QED) is 0.848. The maximum atomic E-state index is 11.3. The van der Waals surface area contributed by atoms with Crippen molar-refractivity contribution in [3.05, 3.63) is 33.4 Å². The van der Waals surface area contributed by atoms with Crippen LogP contribution in [0, 0.1) is 0 Å². The highest BCUT2D eigenvalue weighted by Gasteiger charge is 2.24. The number of nitrogens with one attached hydrogen (secondary N) is 1. The van der Waals surface area contributed by atoms with Crippen molar-refractivity contribution in [3.63, 3.8) is 0 Å². The molecule has 2 aromatic rings. The standard InChI is InChI=1S/C12H9Cl2N3O2/c13-7-3-6-9(4-8(7)14)19-2-1-5-10(6)16-17-11(5)12(15)18/h3-4H,1-2H2,(H2,15,18)(H,16,17). The fraction of sp³-hybridized carbons (Fsp3) is 0.167. The maximum absolute atomic E-state index is 11.3. The number of fused-ring (bicyclic) bond motifs is 3. The largest absolute Gasteiger partial charge is 0.492 e. The normalized spacial score (nSPS) is 13.2. The summed E-state index contributed by atoms with van der Waals surface area (Å²) in [6, 6.07) is 3.32. The van der Waals surface area contributed by atoms with E-state index in [4.69, 9.17) is 33.7 Å². The van der Waals surface area contributed by atoms with E-state index < -0.39 is 5.91 Å². The number of nitrogens with two attached hydrogens (primary N) is 1. The van der Waals surface area contributed by atoms with Crippen LogP contribution in [0.2, 0.25) is 10.0 Å². The van der Waals surface area contributed by atoms with Gasteiger partial charge in [-0.2, -0.15) is 5.10 Å². The van der Waals surface area contributed by atoms with Gasteiger partial charge in [0.25, 0.3) is 5.91 Å². The van der Waals surface area contributed by atoms with E-state index in [0.29, 0.717) is 45.8 Å². The minimum atomic E-state index is -0.544. The van der Waals surface area contributed by atoms with Gasteiger partial charge in [0.05, 0.1) is 22.3 Å². The molecule has 5 nitrogen and oxygen atoms in total. The molecule has 1 aliphatic heterocycles. The Labute approximate surface area is 118 Å². The Balaban J connectivity index is 2.25. The molecule has 0 bridgehead atoms. The van der Waals surface area contributed by atoms with Crippen LogP contribution in [0.1, 0.15) is 16.1 Å². The molecule has 0 aliphatic carbocycles. The van der Waals surface area contributed by atoms with Gasteiger partial charge in [-0.15, -0.1) is 0 Å². The molecule has 1 aromatic heterocycles. The van der Waals surface area contributed by atoms with Gasteiger partial charge in [0.2, 0.25) is 0 Å². The van der Waals surface area contributed by atoms with Crippen LogP contribution in [0.25, 0.3) is 11.3 Å². The average molecular weight is 298 g/mol. The molecule has 19 heavy (non-hydrogen) atoms. The molecule has 7 heteroatoms. The fourth-order valence-corrected chi connectivity index (χ4v) is 2.45. The van der Waals surface area contributed by atoms with Crippen molar-refractivity contribution in [2.75, 3.05) is 6.61 Å². The van der Waals surface area contributed by atoms with Crippen LogP contribution in [0.3, 0.4) is 0 Å². The highest BCUT2D eigenvalue weighted by molar-refractivity contribution is 6.42. The first-order chi connectivity index (χ1) is 9.08. The van der Waals surface area contributed by atoms with Gasteiger partial charge < -0.3 is 10.5 Å². The zero-order valence-electron chi connectivity index (χ0n) is 9.67. The lowest BCUT2D eigenvalue weighted by molar-refractivity contribution is 0.0994. The number of nitrogens with zero attached hydrogens (tertiary/aromatic N) is 1. The van der Waals surface area contributed by atoms with Crippen molar-refractivity contribution in [2.45, 2.75) is 6.42 Å². The van der Waals surface area contributed by atoms with E-state index in [2.05, 4.69) is 10.2 Å². The molecule has 0 unspecified atom stereocenters. The summed E-state index contributed by atoms with van der Waals surface area (Å²) in [7, 11) is 0. The van der Waals surface area contributed by atoms with E-state index in [1.165, 1.54) is 0 Å². The van der Waals surface area contributed by atoms with Gasteiger partial charge in [-0.05, 0) is 6.07 Å². The maximum Gasteiger partial charge on any atom is 0.267 e. The lowest BCUT2D eigenvalue weighted by Gasteiger charge is -2.08. The summed E-state index contributed by atoms with van der Waals surface area (Å²) in [6.07, 6.45) is 0.536. The zero-order chi connectivity index (χ0) is 13.6. The molecule has 1 aromatic carbocycles. The van der Waals surface area contributed by atoms with Crippen LogP contribution < -0.4 is 10.5 Å². The second-order valence-corrected chi connectivity index (χ2v) is 4.97. The van der Waals surface area contributed by atoms with E-state index in [0.717, 1.165) is 5.56 Å². The second-order valence-electron chi connectivity index (χ2n) is 4.15. The van der Waals surface area contributed by atoms with E-state index >= 15 is 0 Å². The van der Waals surface area contributed by atoms with Crippen LogP contribution in [0.5, 0.6) is 5.75 Å². The number of carbonyl (C=O) groups is 1. The predicted molar refractivity (Wildman–Crippen MR) is 71.8 cm³/mol. The molecule has 3 N–H and O–H groups in total. The number of H-pyrrole nitrogens is 1. The summed E-state index contributed by atoms with van der Waals surface area (Å²) in [6.45, 7) is 0.414. The highest BCUT2D eigenvalue weighted by Crippen LogP contribution is 2.40. The molecule has 0 fully saturated rings. The van der Waals surface area contributed by atoms with Crippen molar-refractivity contribution in [1.82, 2.24) is 10.2 Å². The molecule has 2 heterocycles. The molecular weight excluding hydrogens is 289 g/mol. The Kier molecular flexibility index (Phi) is 2.88. The molecule has 3 rings (SSSR count). The number of carbonyl (C=O) groups excluding carboxylic acids is 1. The lowest BCUT2D eigenvalue weighted by atomic mass is 10.0. The van der Waals surface area contributed by atoms with E-state index in [-0.39, 0.29) is 0 Å². The summed E-state index contributed by atoms with van der Waals surface area (Å²) in [5.74, 6) is 0.0490. The predicted octanol–water partition coefficient (Wildman–Crippen LogP) is 2.42. The smallest absolute Gasteiger partial charge is 0.267 e. The number of rotatable bonds is 1. The number of amides is 1. The number of aromatic nitrogens is 2. The van der Waals surface area contributed by atoms with Gasteiger partial charge in [-0.3, -0.25) is 9.89 Å². The highest BCUT2D eigenvalue weighted by atomic mass is 35.5. The van der Waals surface area contributed by atoms with Crippen molar-refractivity contribution in [3.8, 4) is 17.0 Å². The Morgan fingerprint density at radius 1 is 1.37 bits per heavy atom. The Morgan fingerprint density at radius 2 is 2.11 bits per heavy atom. The van der Waals surface area contributed by atoms with Crippen LogP contribution >= 0.6 is 23.2 Å². The molecule has 1 amide bonds. The zero-order valence-corrected chi connectivity index (χ0v) is 11.2. The van der Waals surface area contributed by atoms with Gasteiger partial charge in [0.1, 0.15) is 11.4 Å². The van der Waals surface area contributed by atoms with Crippen LogP contribution in [0.4, 0.5) is 0 Å². The summed E-state index contributed by atoms with van der Waals surface area (Å²) < 4.78 is 5.61. The third-order valence-electron chi connectivity index (χ3n) is 3.00. The average Bonchev–Trinajstić information content (AvgIpc) is 2.70. The summed E-state index contributed by atoms with van der Waals surface area (Å²) in [5.41, 5.74) is 7.68. The lowest BCUT2D eigenvalue weighted by Crippen LogP contribution is -2.14. The first-order valence-electron chi connectivity index (χ1n) is 5.57. The van der Waals surface area contributed by atoms with Gasteiger partial charge in [0, 0.05) is 23.6 Å². The number of aromatic amines is 1. The number of hydrogen-bond donors (Lipinski definition) is 2. The van der Waals surface area contributed by atoms with Gasteiger partial charge in [-0.25, -0.2) is 0 Å². The first-order valence-corrected chi connectivity index (χ1v) is 6.32. The van der Waals surface area contributed by atoms with E-state index in [1.54, 1.807) is 12.1 Å². The van der Waals surface area contributed by atoms with Crippen molar-refractivity contribution >= 4 is 29.1 Å². The number of ether oxygens (including phenoxy) is 1. The Hall–Kier alpha value is -1.72. The van der Waals surface area contributed by atoms with Crippen molar-refractivity contribution in [1.29, 1.82) is 0 Å².